The normalized spacial score (nSPS) is 11.1. The smallest absolute Gasteiger partial charge is 0.407 e. The molecule has 0 radical (unpaired) electrons. The number of hydrogen-bond acceptors (Lipinski definition) is 5. The molecule has 150 valence electrons. The maximum absolute atomic E-state index is 13.5. The van der Waals surface area contributed by atoms with E-state index in [0.717, 1.165) is 0 Å². The third-order valence-electron chi connectivity index (χ3n) is 3.96. The first-order chi connectivity index (χ1) is 13.0. The number of esters is 1. The van der Waals surface area contributed by atoms with Gasteiger partial charge in [0.25, 0.3) is 0 Å². The van der Waals surface area contributed by atoms with Crippen molar-refractivity contribution in [3.63, 3.8) is 0 Å². The third-order valence-corrected chi connectivity index (χ3v) is 3.96. The van der Waals surface area contributed by atoms with Crippen LogP contribution in [-0.2, 0) is 16.0 Å². The van der Waals surface area contributed by atoms with Crippen LogP contribution in [0.1, 0.15) is 42.3 Å². The number of nitrogen functional groups attached to an aromatic ring is 1. The highest BCUT2D eigenvalue weighted by atomic mass is 19.1. The van der Waals surface area contributed by atoms with Crippen LogP contribution in [0.15, 0.2) is 30.3 Å². The molecule has 0 aliphatic carbocycles. The van der Waals surface area contributed by atoms with E-state index in [2.05, 4.69) is 5.32 Å². The number of hydrogen-bond donors (Lipinski definition) is 2. The van der Waals surface area contributed by atoms with E-state index in [1.807, 2.05) is 0 Å². The summed E-state index contributed by atoms with van der Waals surface area (Å²) >= 11 is 0. The lowest BCUT2D eigenvalue weighted by molar-refractivity contribution is 0.0523. The molecule has 7 heteroatoms. The highest BCUT2D eigenvalue weighted by Crippen LogP contribution is 2.33. The first-order valence-corrected chi connectivity index (χ1v) is 8.76. The van der Waals surface area contributed by atoms with E-state index in [1.165, 1.54) is 19.2 Å². The Morgan fingerprint density at radius 1 is 1.14 bits per heavy atom. The van der Waals surface area contributed by atoms with Crippen molar-refractivity contribution in [2.24, 2.45) is 0 Å². The standard InChI is InChI=1S/C21H25FN2O4/c1-12-8-14(22)6-7-15(12)16-9-13(10-17(18(16)23)19(25)27-5)11-24-20(26)28-21(2,3)4/h6-10H,11,23H2,1-5H3,(H,24,26). The summed E-state index contributed by atoms with van der Waals surface area (Å²) in [6.45, 7) is 7.16. The number of alkyl carbamates (subject to hydrolysis) is 1. The van der Waals surface area contributed by atoms with Gasteiger partial charge in [0.1, 0.15) is 11.4 Å². The van der Waals surface area contributed by atoms with E-state index in [4.69, 9.17) is 15.2 Å². The Kier molecular flexibility index (Phi) is 6.28. The minimum Gasteiger partial charge on any atom is -0.465 e. The summed E-state index contributed by atoms with van der Waals surface area (Å²) in [7, 11) is 1.26. The van der Waals surface area contributed by atoms with Crippen molar-refractivity contribution in [2.45, 2.75) is 39.8 Å². The summed E-state index contributed by atoms with van der Waals surface area (Å²) < 4.78 is 23.5. The molecule has 0 saturated carbocycles. The van der Waals surface area contributed by atoms with Gasteiger partial charge in [-0.05, 0) is 68.7 Å². The molecule has 0 aromatic heterocycles. The highest BCUT2D eigenvalue weighted by Gasteiger charge is 2.19. The number of methoxy groups -OCH3 is 1. The predicted molar refractivity (Wildman–Crippen MR) is 105 cm³/mol. The van der Waals surface area contributed by atoms with Crippen molar-refractivity contribution in [3.8, 4) is 11.1 Å². The fourth-order valence-electron chi connectivity index (χ4n) is 2.73. The van der Waals surface area contributed by atoms with Crippen LogP contribution in [-0.4, -0.2) is 24.8 Å². The van der Waals surface area contributed by atoms with E-state index in [9.17, 15) is 14.0 Å². The molecular weight excluding hydrogens is 363 g/mol. The van der Waals surface area contributed by atoms with Crippen LogP contribution in [0.3, 0.4) is 0 Å². The third kappa shape index (κ3) is 5.22. The molecule has 0 spiro atoms. The van der Waals surface area contributed by atoms with Gasteiger partial charge in [-0.25, -0.2) is 14.0 Å². The molecule has 1 amide bonds. The Morgan fingerprint density at radius 2 is 1.82 bits per heavy atom. The Morgan fingerprint density at radius 3 is 2.39 bits per heavy atom. The topological polar surface area (TPSA) is 90.6 Å². The van der Waals surface area contributed by atoms with Gasteiger partial charge in [0.15, 0.2) is 0 Å². The number of carbonyl (C=O) groups is 2. The van der Waals surface area contributed by atoms with Gasteiger partial charge in [-0.2, -0.15) is 0 Å². The molecule has 3 N–H and O–H groups in total. The van der Waals surface area contributed by atoms with Crippen LogP contribution in [0.25, 0.3) is 11.1 Å². The van der Waals surface area contributed by atoms with Crippen LogP contribution >= 0.6 is 0 Å². The minimum absolute atomic E-state index is 0.117. The molecular formula is C21H25FN2O4. The molecule has 0 heterocycles. The van der Waals surface area contributed by atoms with Gasteiger partial charge in [-0.3, -0.25) is 0 Å². The Hall–Kier alpha value is -3.09. The molecule has 0 aliphatic heterocycles. The number of amides is 1. The molecule has 0 aliphatic rings. The number of nitrogens with two attached hydrogens (primary N) is 1. The number of nitrogens with one attached hydrogen (secondary N) is 1. The molecule has 0 fully saturated rings. The quantitative estimate of drug-likeness (QED) is 0.605. The SMILES string of the molecule is COC(=O)c1cc(CNC(=O)OC(C)(C)C)cc(-c2ccc(F)cc2C)c1N. The van der Waals surface area contributed by atoms with Gasteiger partial charge in [-0.15, -0.1) is 0 Å². The first-order valence-electron chi connectivity index (χ1n) is 8.76. The summed E-state index contributed by atoms with van der Waals surface area (Å²) in [4.78, 5) is 24.1. The van der Waals surface area contributed by atoms with Crippen LogP contribution in [0, 0.1) is 12.7 Å². The summed E-state index contributed by atoms with van der Waals surface area (Å²) in [5, 5.41) is 2.65. The number of rotatable bonds is 4. The highest BCUT2D eigenvalue weighted by molar-refractivity contribution is 6.00. The zero-order chi connectivity index (χ0) is 21.1. The second kappa shape index (κ2) is 8.29. The van der Waals surface area contributed by atoms with E-state index in [-0.39, 0.29) is 23.6 Å². The number of ether oxygens (including phenoxy) is 2. The average molecular weight is 388 g/mol. The molecule has 28 heavy (non-hydrogen) atoms. The van der Waals surface area contributed by atoms with E-state index < -0.39 is 17.7 Å². The lowest BCUT2D eigenvalue weighted by atomic mass is 9.94. The van der Waals surface area contributed by atoms with Gasteiger partial charge < -0.3 is 20.5 Å². The molecule has 2 rings (SSSR count). The van der Waals surface area contributed by atoms with Crippen LogP contribution in [0.2, 0.25) is 0 Å². The van der Waals surface area contributed by atoms with Crippen LogP contribution in [0.5, 0.6) is 0 Å². The summed E-state index contributed by atoms with van der Waals surface area (Å²) in [5.41, 5.74) is 8.50. The first kappa shape index (κ1) is 21.2. The monoisotopic (exact) mass is 388 g/mol. The van der Waals surface area contributed by atoms with Crippen molar-refractivity contribution >= 4 is 17.7 Å². The van der Waals surface area contributed by atoms with Crippen molar-refractivity contribution < 1.29 is 23.5 Å². The zero-order valence-corrected chi connectivity index (χ0v) is 16.7. The fourth-order valence-corrected chi connectivity index (χ4v) is 2.73. The van der Waals surface area contributed by atoms with Gasteiger partial charge in [0.2, 0.25) is 0 Å². The van der Waals surface area contributed by atoms with E-state index in [0.29, 0.717) is 22.3 Å². The summed E-state index contributed by atoms with van der Waals surface area (Å²) in [5.74, 6) is -0.964. The van der Waals surface area contributed by atoms with E-state index >= 15 is 0 Å². The summed E-state index contributed by atoms with van der Waals surface area (Å²) in [6, 6.07) is 7.62. The second-order valence-corrected chi connectivity index (χ2v) is 7.41. The van der Waals surface area contributed by atoms with Crippen molar-refractivity contribution in [3.05, 3.63) is 52.8 Å². The largest absolute Gasteiger partial charge is 0.465 e. The zero-order valence-electron chi connectivity index (χ0n) is 16.7. The molecule has 0 atom stereocenters. The van der Waals surface area contributed by atoms with Gasteiger partial charge in [0, 0.05) is 12.1 Å². The maximum atomic E-state index is 13.5. The molecule has 0 saturated heterocycles. The van der Waals surface area contributed by atoms with Crippen molar-refractivity contribution in [1.29, 1.82) is 0 Å². The maximum Gasteiger partial charge on any atom is 0.407 e. The second-order valence-electron chi connectivity index (χ2n) is 7.41. The molecule has 0 unspecified atom stereocenters. The Balaban J connectivity index is 2.44. The summed E-state index contributed by atoms with van der Waals surface area (Å²) in [6.07, 6.45) is -0.580. The number of benzene rings is 2. The van der Waals surface area contributed by atoms with E-state index in [1.54, 1.807) is 45.9 Å². The number of halogens is 1. The predicted octanol–water partition coefficient (Wildman–Crippen LogP) is 4.19. The molecule has 0 bridgehead atoms. The Bertz CT molecular complexity index is 904. The van der Waals surface area contributed by atoms with Crippen LogP contribution < -0.4 is 11.1 Å². The van der Waals surface area contributed by atoms with Crippen LogP contribution in [0.4, 0.5) is 14.9 Å². The molecule has 2 aromatic carbocycles. The lowest BCUT2D eigenvalue weighted by Gasteiger charge is -2.20. The average Bonchev–Trinajstić information content (AvgIpc) is 2.59. The van der Waals surface area contributed by atoms with Gasteiger partial charge >= 0.3 is 12.1 Å². The fraction of sp³-hybridized carbons (Fsp3) is 0.333. The molecule has 6 nitrogen and oxygen atoms in total. The Labute approximate surface area is 163 Å². The van der Waals surface area contributed by atoms with Gasteiger partial charge in [0.05, 0.1) is 18.4 Å². The number of aryl methyl sites for hydroxylation is 1. The number of anilines is 1. The van der Waals surface area contributed by atoms with Crippen molar-refractivity contribution in [1.82, 2.24) is 5.32 Å². The lowest BCUT2D eigenvalue weighted by Crippen LogP contribution is -2.32. The van der Waals surface area contributed by atoms with Gasteiger partial charge in [-0.1, -0.05) is 6.07 Å². The minimum atomic E-state index is -0.626. The number of carbonyl (C=O) groups excluding carboxylic acids is 2. The van der Waals surface area contributed by atoms with Crippen molar-refractivity contribution in [2.75, 3.05) is 12.8 Å². The molecule has 2 aromatic rings.